The summed E-state index contributed by atoms with van der Waals surface area (Å²) in [5.74, 6) is -0.0395. The smallest absolute Gasteiger partial charge is 0.333 e. The molecule has 0 saturated carbocycles. The molecule has 6 heteroatoms. The van der Waals surface area contributed by atoms with Gasteiger partial charge in [0.05, 0.1) is 12.7 Å². The number of carbonyl (C=O) groups excluding carboxylic acids is 1. The van der Waals surface area contributed by atoms with E-state index < -0.39 is 16.6 Å². The number of esters is 1. The second-order valence-corrected chi connectivity index (χ2v) is 21.3. The molecular weight excluding hydrogens is 408 g/mol. The van der Waals surface area contributed by atoms with E-state index in [1.54, 1.807) is 0 Å². The summed E-state index contributed by atoms with van der Waals surface area (Å²) in [5, 5.41) is 0.280. The highest BCUT2D eigenvalue weighted by molar-refractivity contribution is 6.74. The molecule has 0 aromatic rings. The average Bonchev–Trinajstić information content (AvgIpc) is 2.51. The lowest BCUT2D eigenvalue weighted by molar-refractivity contribution is -0.138. The molecule has 0 aromatic carbocycles. The van der Waals surface area contributed by atoms with Gasteiger partial charge in [-0.3, -0.25) is 0 Å². The molecule has 0 unspecified atom stereocenters. The van der Waals surface area contributed by atoms with Crippen molar-refractivity contribution in [1.82, 2.24) is 0 Å². The van der Waals surface area contributed by atoms with Crippen molar-refractivity contribution in [3.63, 3.8) is 0 Å². The quantitative estimate of drug-likeness (QED) is 0.195. The minimum Gasteiger partial charge on any atom is -0.463 e. The van der Waals surface area contributed by atoms with E-state index in [1.165, 1.54) is 0 Å². The highest BCUT2D eigenvalue weighted by atomic mass is 28.4. The van der Waals surface area contributed by atoms with Gasteiger partial charge in [0.25, 0.3) is 0 Å². The summed E-state index contributed by atoms with van der Waals surface area (Å²) in [7, 11) is -3.84. The van der Waals surface area contributed by atoms with Crippen LogP contribution in [0.3, 0.4) is 0 Å². The van der Waals surface area contributed by atoms with Gasteiger partial charge >= 0.3 is 5.97 Å². The van der Waals surface area contributed by atoms with E-state index in [1.807, 2.05) is 19.9 Å². The van der Waals surface area contributed by atoms with E-state index in [4.69, 9.17) is 13.6 Å². The molecular formula is C24H50O4Si2. The van der Waals surface area contributed by atoms with Crippen LogP contribution in [0, 0.1) is 5.92 Å². The van der Waals surface area contributed by atoms with E-state index >= 15 is 0 Å². The molecule has 178 valence electrons. The minimum atomic E-state index is -2.01. The zero-order chi connectivity index (χ0) is 24.1. The molecule has 0 radical (unpaired) electrons. The van der Waals surface area contributed by atoms with Crippen LogP contribution in [0.15, 0.2) is 11.6 Å². The predicted octanol–water partition coefficient (Wildman–Crippen LogP) is 7.32. The molecule has 0 heterocycles. The first-order valence-corrected chi connectivity index (χ1v) is 17.3. The summed E-state index contributed by atoms with van der Waals surface area (Å²) in [6.07, 6.45) is 2.86. The van der Waals surface area contributed by atoms with Crippen LogP contribution in [0.4, 0.5) is 0 Å². The first-order chi connectivity index (χ1) is 13.2. The molecule has 0 aliphatic heterocycles. The van der Waals surface area contributed by atoms with Gasteiger partial charge in [0.2, 0.25) is 0 Å². The lowest BCUT2D eigenvalue weighted by Crippen LogP contribution is -2.46. The summed E-state index contributed by atoms with van der Waals surface area (Å²) in [6, 6.07) is 0. The van der Waals surface area contributed by atoms with Crippen LogP contribution < -0.4 is 0 Å². The highest BCUT2D eigenvalue weighted by Gasteiger charge is 2.41. The summed E-state index contributed by atoms with van der Waals surface area (Å²) in [6.45, 7) is 31.0. The normalized spacial score (nSPS) is 17.5. The zero-order valence-corrected chi connectivity index (χ0v) is 24.4. The van der Waals surface area contributed by atoms with E-state index in [2.05, 4.69) is 81.6 Å². The van der Waals surface area contributed by atoms with Crippen molar-refractivity contribution in [1.29, 1.82) is 0 Å². The molecule has 0 aromatic heterocycles. The number of ether oxygens (including phenoxy) is 1. The molecule has 30 heavy (non-hydrogen) atoms. The Kier molecular flexibility index (Phi) is 10.8. The first kappa shape index (κ1) is 29.6. The van der Waals surface area contributed by atoms with Crippen molar-refractivity contribution in [3.05, 3.63) is 11.6 Å². The highest BCUT2D eigenvalue weighted by Crippen LogP contribution is 2.40. The maximum Gasteiger partial charge on any atom is 0.333 e. The molecule has 0 bridgehead atoms. The van der Waals surface area contributed by atoms with E-state index in [-0.39, 0.29) is 34.2 Å². The number of hydrogen-bond donors (Lipinski definition) is 0. The molecule has 0 fully saturated rings. The Hall–Kier alpha value is -0.436. The van der Waals surface area contributed by atoms with Crippen LogP contribution in [0.1, 0.15) is 75.7 Å². The van der Waals surface area contributed by atoms with E-state index in [0.29, 0.717) is 12.2 Å². The van der Waals surface area contributed by atoms with Crippen molar-refractivity contribution < 1.29 is 18.4 Å². The van der Waals surface area contributed by atoms with Crippen LogP contribution in [0.25, 0.3) is 0 Å². The zero-order valence-electron chi connectivity index (χ0n) is 22.4. The molecule has 0 rings (SSSR count). The van der Waals surface area contributed by atoms with Gasteiger partial charge in [0, 0.05) is 11.7 Å². The standard InChI is InChI=1S/C24H50O4Si2/c1-15-26-22(25)19(3)17-21(28-30(13,14)24(8,9)10)18(2)16-20(4)27-29(11,12)23(5,6)7/h17-18,20-21H,15-16H2,1-14H3/b19-17+/t18-,20-,21-/m1/s1. The van der Waals surface area contributed by atoms with Crippen molar-refractivity contribution in [2.75, 3.05) is 6.61 Å². The maximum absolute atomic E-state index is 12.2. The molecule has 0 aliphatic rings. The molecule has 0 saturated heterocycles. The Morgan fingerprint density at radius 3 is 1.73 bits per heavy atom. The van der Waals surface area contributed by atoms with Gasteiger partial charge in [0.1, 0.15) is 0 Å². The van der Waals surface area contributed by atoms with Gasteiger partial charge in [-0.05, 0) is 75.5 Å². The lowest BCUT2D eigenvalue weighted by atomic mass is 9.96. The second-order valence-electron chi connectivity index (χ2n) is 11.8. The second kappa shape index (κ2) is 10.9. The van der Waals surface area contributed by atoms with E-state index in [0.717, 1.165) is 6.42 Å². The van der Waals surface area contributed by atoms with Gasteiger partial charge in [-0.1, -0.05) is 48.5 Å². The fourth-order valence-corrected chi connectivity index (χ4v) is 5.57. The lowest BCUT2D eigenvalue weighted by Gasteiger charge is -2.42. The summed E-state index contributed by atoms with van der Waals surface area (Å²) < 4.78 is 18.6. The Labute approximate surface area is 189 Å². The van der Waals surface area contributed by atoms with Crippen molar-refractivity contribution in [3.8, 4) is 0 Å². The average molecular weight is 459 g/mol. The summed E-state index contributed by atoms with van der Waals surface area (Å²) >= 11 is 0. The van der Waals surface area contributed by atoms with Crippen LogP contribution in [0.5, 0.6) is 0 Å². The molecule has 0 aliphatic carbocycles. The topological polar surface area (TPSA) is 44.8 Å². The Balaban J connectivity index is 5.64. The van der Waals surface area contributed by atoms with Gasteiger partial charge in [0.15, 0.2) is 16.6 Å². The van der Waals surface area contributed by atoms with Crippen molar-refractivity contribution >= 4 is 22.6 Å². The largest absolute Gasteiger partial charge is 0.463 e. The number of hydrogen-bond acceptors (Lipinski definition) is 4. The molecule has 0 amide bonds. The van der Waals surface area contributed by atoms with Crippen LogP contribution >= 0.6 is 0 Å². The van der Waals surface area contributed by atoms with Gasteiger partial charge < -0.3 is 13.6 Å². The Bertz CT molecular complexity index is 583. The maximum atomic E-state index is 12.2. The molecule has 0 spiro atoms. The minimum absolute atomic E-state index is 0.0971. The third-order valence-corrected chi connectivity index (χ3v) is 15.9. The third kappa shape index (κ3) is 8.97. The predicted molar refractivity (Wildman–Crippen MR) is 134 cm³/mol. The SMILES string of the molecule is CCOC(=O)/C(C)=C/[C@@H](O[Si](C)(C)C(C)(C)C)[C@H](C)C[C@@H](C)O[Si](C)(C)C(C)(C)C. The Morgan fingerprint density at radius 2 is 1.33 bits per heavy atom. The first-order valence-electron chi connectivity index (χ1n) is 11.5. The molecule has 0 N–H and O–H groups in total. The van der Waals surface area contributed by atoms with Crippen LogP contribution in [-0.2, 0) is 18.4 Å². The van der Waals surface area contributed by atoms with Gasteiger partial charge in [-0.15, -0.1) is 0 Å². The third-order valence-electron chi connectivity index (χ3n) is 6.82. The Morgan fingerprint density at radius 1 is 0.900 bits per heavy atom. The van der Waals surface area contributed by atoms with Gasteiger partial charge in [-0.25, -0.2) is 4.79 Å². The monoisotopic (exact) mass is 458 g/mol. The number of rotatable bonds is 10. The van der Waals surface area contributed by atoms with Crippen LogP contribution in [0.2, 0.25) is 36.3 Å². The van der Waals surface area contributed by atoms with Crippen molar-refractivity contribution in [2.45, 2.75) is 124 Å². The molecule has 4 nitrogen and oxygen atoms in total. The van der Waals surface area contributed by atoms with E-state index in [9.17, 15) is 4.79 Å². The fourth-order valence-electron chi connectivity index (χ4n) is 2.78. The summed E-state index contributed by atoms with van der Waals surface area (Å²) in [5.41, 5.74) is 0.616. The van der Waals surface area contributed by atoms with Gasteiger partial charge in [-0.2, -0.15) is 0 Å². The van der Waals surface area contributed by atoms with Crippen LogP contribution in [-0.4, -0.2) is 41.4 Å². The fraction of sp³-hybridized carbons (Fsp3) is 0.875. The number of carbonyl (C=O) groups is 1. The summed E-state index contributed by atoms with van der Waals surface area (Å²) in [4.78, 5) is 12.2. The van der Waals surface area contributed by atoms with Crippen molar-refractivity contribution in [2.24, 2.45) is 5.92 Å². The molecule has 3 atom stereocenters.